The first-order valence-corrected chi connectivity index (χ1v) is 6.78. The average molecular weight is 299 g/mol. The van der Waals surface area contributed by atoms with Gasteiger partial charge in [-0.2, -0.15) is 0 Å². The van der Waals surface area contributed by atoms with E-state index < -0.39 is 0 Å². The van der Waals surface area contributed by atoms with Gasteiger partial charge in [-0.25, -0.2) is 4.79 Å². The molecule has 0 saturated heterocycles. The van der Waals surface area contributed by atoms with E-state index in [1.807, 2.05) is 24.3 Å². The smallest absolute Gasteiger partial charge is 0.337 e. The molecule has 1 rings (SSSR count). The summed E-state index contributed by atoms with van der Waals surface area (Å²) < 4.78 is 4.66. The fourth-order valence-electron chi connectivity index (χ4n) is 1.59. The van der Waals surface area contributed by atoms with Crippen molar-refractivity contribution in [1.82, 2.24) is 0 Å². The molecule has 0 aliphatic rings. The Hall–Kier alpha value is -0.830. The van der Waals surface area contributed by atoms with Crippen molar-refractivity contribution in [2.24, 2.45) is 5.92 Å². The highest BCUT2D eigenvalue weighted by Gasteiger charge is 2.10. The van der Waals surface area contributed by atoms with Gasteiger partial charge in [0.15, 0.2) is 0 Å². The Balaban J connectivity index is 2.63. The number of rotatable bonds is 5. The Morgan fingerprint density at radius 3 is 2.29 bits per heavy atom. The van der Waals surface area contributed by atoms with Crippen LogP contribution in [-0.2, 0) is 4.74 Å². The molecule has 3 heteroatoms. The summed E-state index contributed by atoms with van der Waals surface area (Å²) in [5.41, 5.74) is 1.80. The van der Waals surface area contributed by atoms with E-state index >= 15 is 0 Å². The minimum absolute atomic E-state index is 0.287. The molecule has 1 atom stereocenters. The molecule has 17 heavy (non-hydrogen) atoms. The summed E-state index contributed by atoms with van der Waals surface area (Å²) in [7, 11) is 1.40. The third-order valence-corrected chi connectivity index (χ3v) is 3.68. The number of alkyl halides is 1. The van der Waals surface area contributed by atoms with Crippen molar-refractivity contribution in [3.8, 4) is 0 Å². The van der Waals surface area contributed by atoms with E-state index in [1.54, 1.807) is 0 Å². The van der Waals surface area contributed by atoms with Gasteiger partial charge in [-0.1, -0.05) is 41.9 Å². The summed E-state index contributed by atoms with van der Waals surface area (Å²) in [4.78, 5) is 11.6. The van der Waals surface area contributed by atoms with Crippen LogP contribution < -0.4 is 0 Å². The van der Waals surface area contributed by atoms with E-state index in [0.717, 1.165) is 6.42 Å². The lowest BCUT2D eigenvalue weighted by Gasteiger charge is -2.12. The van der Waals surface area contributed by atoms with Crippen molar-refractivity contribution in [1.29, 1.82) is 0 Å². The molecule has 0 saturated carbocycles. The number of halogens is 1. The van der Waals surface area contributed by atoms with Gasteiger partial charge >= 0.3 is 5.97 Å². The van der Waals surface area contributed by atoms with Crippen LogP contribution in [0.5, 0.6) is 0 Å². The van der Waals surface area contributed by atoms with E-state index in [2.05, 4.69) is 34.5 Å². The van der Waals surface area contributed by atoms with Crippen molar-refractivity contribution in [2.45, 2.75) is 31.5 Å². The maximum atomic E-state index is 11.3. The van der Waals surface area contributed by atoms with Crippen molar-refractivity contribution >= 4 is 21.9 Å². The third-order valence-electron chi connectivity index (χ3n) is 2.69. The minimum atomic E-state index is -0.287. The molecule has 0 amide bonds. The Morgan fingerprint density at radius 2 is 1.82 bits per heavy atom. The monoisotopic (exact) mass is 298 g/mol. The molecule has 0 radical (unpaired) electrons. The van der Waals surface area contributed by atoms with Crippen LogP contribution >= 0.6 is 15.9 Å². The highest BCUT2D eigenvalue weighted by Crippen LogP contribution is 2.29. The van der Waals surface area contributed by atoms with E-state index in [1.165, 1.54) is 19.1 Å². The van der Waals surface area contributed by atoms with Gasteiger partial charge < -0.3 is 4.74 Å². The lowest BCUT2D eigenvalue weighted by molar-refractivity contribution is 0.0600. The molecule has 0 fully saturated rings. The molecule has 0 N–H and O–H groups in total. The number of hydrogen-bond donors (Lipinski definition) is 0. The van der Waals surface area contributed by atoms with Crippen molar-refractivity contribution in [3.63, 3.8) is 0 Å². The lowest BCUT2D eigenvalue weighted by atomic mass is 10.0. The van der Waals surface area contributed by atoms with Gasteiger partial charge in [0, 0.05) is 4.83 Å². The van der Waals surface area contributed by atoms with Gasteiger partial charge in [0.05, 0.1) is 12.7 Å². The van der Waals surface area contributed by atoms with Crippen LogP contribution in [0.15, 0.2) is 24.3 Å². The number of ether oxygens (including phenoxy) is 1. The lowest BCUT2D eigenvalue weighted by Crippen LogP contribution is -2.01. The normalized spacial score (nSPS) is 12.5. The van der Waals surface area contributed by atoms with Gasteiger partial charge in [0.2, 0.25) is 0 Å². The van der Waals surface area contributed by atoms with Crippen LogP contribution in [0.3, 0.4) is 0 Å². The van der Waals surface area contributed by atoms with Gasteiger partial charge in [0.1, 0.15) is 0 Å². The minimum Gasteiger partial charge on any atom is -0.465 e. The molecule has 0 aliphatic heterocycles. The van der Waals surface area contributed by atoms with Crippen molar-refractivity contribution in [3.05, 3.63) is 35.4 Å². The van der Waals surface area contributed by atoms with Crippen LogP contribution in [0.1, 0.15) is 47.4 Å². The molecule has 0 bridgehead atoms. The quantitative estimate of drug-likeness (QED) is 0.597. The largest absolute Gasteiger partial charge is 0.465 e. The molecular weight excluding hydrogens is 280 g/mol. The number of hydrogen-bond acceptors (Lipinski definition) is 2. The zero-order valence-electron chi connectivity index (χ0n) is 10.6. The predicted molar refractivity (Wildman–Crippen MR) is 73.5 cm³/mol. The molecule has 1 aromatic carbocycles. The number of esters is 1. The molecule has 0 aromatic heterocycles. The molecule has 0 heterocycles. The maximum absolute atomic E-state index is 11.3. The first kappa shape index (κ1) is 14.2. The molecule has 0 spiro atoms. The van der Waals surface area contributed by atoms with Gasteiger partial charge in [0.25, 0.3) is 0 Å². The second-order valence-electron chi connectivity index (χ2n) is 4.55. The Bertz CT molecular complexity index is 357. The van der Waals surface area contributed by atoms with E-state index in [4.69, 9.17) is 0 Å². The molecule has 0 aliphatic carbocycles. The van der Waals surface area contributed by atoms with Crippen molar-refractivity contribution in [2.75, 3.05) is 7.11 Å². The highest BCUT2D eigenvalue weighted by atomic mass is 79.9. The van der Waals surface area contributed by atoms with E-state index in [0.29, 0.717) is 16.3 Å². The maximum Gasteiger partial charge on any atom is 0.337 e. The van der Waals surface area contributed by atoms with Crippen LogP contribution in [-0.4, -0.2) is 13.1 Å². The van der Waals surface area contributed by atoms with Crippen LogP contribution in [0.25, 0.3) is 0 Å². The topological polar surface area (TPSA) is 26.3 Å². The second-order valence-corrected chi connectivity index (χ2v) is 5.66. The fraction of sp³-hybridized carbons (Fsp3) is 0.500. The summed E-state index contributed by atoms with van der Waals surface area (Å²) in [5.74, 6) is 0.425. The van der Waals surface area contributed by atoms with E-state index in [9.17, 15) is 4.79 Å². The van der Waals surface area contributed by atoms with Gasteiger partial charge in [-0.3, -0.25) is 0 Å². The van der Waals surface area contributed by atoms with Crippen LogP contribution in [0.4, 0.5) is 0 Å². The molecular formula is C14H19BrO2. The number of carbonyl (C=O) groups is 1. The summed E-state index contributed by atoms with van der Waals surface area (Å²) >= 11 is 3.68. The van der Waals surface area contributed by atoms with Gasteiger partial charge in [-0.15, -0.1) is 0 Å². The van der Waals surface area contributed by atoms with Crippen LogP contribution in [0, 0.1) is 5.92 Å². The predicted octanol–water partition coefficient (Wildman–Crippen LogP) is 4.35. The first-order chi connectivity index (χ1) is 8.04. The number of benzene rings is 1. The molecule has 1 unspecified atom stereocenters. The summed E-state index contributed by atoms with van der Waals surface area (Å²) in [6, 6.07) is 7.58. The molecule has 94 valence electrons. The number of carbonyl (C=O) groups excluding carboxylic acids is 1. The van der Waals surface area contributed by atoms with E-state index in [-0.39, 0.29) is 5.97 Å². The first-order valence-electron chi connectivity index (χ1n) is 5.87. The number of methoxy groups -OCH3 is 1. The zero-order chi connectivity index (χ0) is 12.8. The molecule has 2 nitrogen and oxygen atoms in total. The second kappa shape index (κ2) is 6.80. The highest BCUT2D eigenvalue weighted by molar-refractivity contribution is 9.09. The summed E-state index contributed by atoms with van der Waals surface area (Å²) in [6.07, 6.45) is 2.30. The fourth-order valence-corrected chi connectivity index (χ4v) is 2.16. The zero-order valence-corrected chi connectivity index (χ0v) is 12.2. The Morgan fingerprint density at radius 1 is 1.24 bits per heavy atom. The standard InChI is InChI=1S/C14H19BrO2/c1-10(2)4-9-13(15)11-5-7-12(8-6-11)14(16)17-3/h5-8,10,13H,4,9H2,1-3H3. The summed E-state index contributed by atoms with van der Waals surface area (Å²) in [6.45, 7) is 4.44. The Kier molecular flexibility index (Phi) is 5.69. The SMILES string of the molecule is COC(=O)c1ccc(C(Br)CCC(C)C)cc1. The summed E-state index contributed by atoms with van der Waals surface area (Å²) in [5, 5.41) is 0. The Labute approximate surface area is 111 Å². The van der Waals surface area contributed by atoms with Gasteiger partial charge in [-0.05, 0) is 36.5 Å². The third kappa shape index (κ3) is 4.50. The van der Waals surface area contributed by atoms with Crippen LogP contribution in [0.2, 0.25) is 0 Å². The molecule has 1 aromatic rings. The average Bonchev–Trinajstić information content (AvgIpc) is 2.35. The van der Waals surface area contributed by atoms with Crippen molar-refractivity contribution < 1.29 is 9.53 Å².